The van der Waals surface area contributed by atoms with Gasteiger partial charge >= 0.3 is 5.97 Å². The number of rotatable bonds is 2. The lowest BCUT2D eigenvalue weighted by Crippen LogP contribution is -2.46. The monoisotopic (exact) mass is 218 g/mol. The van der Waals surface area contributed by atoms with Crippen molar-refractivity contribution in [3.8, 4) is 0 Å². The smallest absolute Gasteiger partial charge is 0.305 e. The second kappa shape index (κ2) is 5.21. The minimum Gasteiger partial charge on any atom is -0.481 e. The van der Waals surface area contributed by atoms with Crippen LogP contribution < -0.4 is 5.32 Å². The first kappa shape index (κ1) is 11.3. The Kier molecular flexibility index (Phi) is 4.21. The molecule has 1 aliphatic heterocycles. The standard InChI is InChI=1S/C8H14N2O3S/c11-7(12)5-6-8(13)9-3-1-2-4-10(6)14/h6,14H,1-5H2,(H,9,13)(H,11,12)/t6-/m1/s1. The van der Waals surface area contributed by atoms with E-state index in [0.717, 1.165) is 12.8 Å². The molecular weight excluding hydrogens is 204 g/mol. The topological polar surface area (TPSA) is 69.6 Å². The molecule has 0 aromatic carbocycles. The summed E-state index contributed by atoms with van der Waals surface area (Å²) >= 11 is 4.12. The van der Waals surface area contributed by atoms with Gasteiger partial charge in [0.15, 0.2) is 0 Å². The van der Waals surface area contributed by atoms with Crippen molar-refractivity contribution in [3.63, 3.8) is 0 Å². The van der Waals surface area contributed by atoms with Gasteiger partial charge in [0.05, 0.1) is 6.42 Å². The van der Waals surface area contributed by atoms with Gasteiger partial charge in [-0.15, -0.1) is 0 Å². The molecule has 1 fully saturated rings. The zero-order valence-electron chi connectivity index (χ0n) is 7.77. The van der Waals surface area contributed by atoms with E-state index in [9.17, 15) is 9.59 Å². The van der Waals surface area contributed by atoms with Gasteiger partial charge in [-0.2, -0.15) is 0 Å². The van der Waals surface area contributed by atoms with Crippen LogP contribution in [0.1, 0.15) is 19.3 Å². The van der Waals surface area contributed by atoms with Crippen LogP contribution in [-0.2, 0) is 9.59 Å². The van der Waals surface area contributed by atoms with Crippen LogP contribution in [0.15, 0.2) is 0 Å². The second-order valence-electron chi connectivity index (χ2n) is 3.27. The lowest BCUT2D eigenvalue weighted by Gasteiger charge is -2.26. The largest absolute Gasteiger partial charge is 0.481 e. The van der Waals surface area contributed by atoms with Crippen molar-refractivity contribution in [2.45, 2.75) is 25.3 Å². The molecule has 1 aliphatic rings. The van der Waals surface area contributed by atoms with E-state index in [1.807, 2.05) is 0 Å². The molecule has 1 amide bonds. The normalized spacial score (nSPS) is 24.9. The van der Waals surface area contributed by atoms with Crippen molar-refractivity contribution >= 4 is 24.7 Å². The summed E-state index contributed by atoms with van der Waals surface area (Å²) in [6.45, 7) is 1.27. The Labute approximate surface area is 88.0 Å². The summed E-state index contributed by atoms with van der Waals surface area (Å²) in [5.74, 6) is -1.23. The maximum atomic E-state index is 11.4. The molecule has 2 N–H and O–H groups in total. The maximum Gasteiger partial charge on any atom is 0.305 e. The minimum absolute atomic E-state index is 0.199. The summed E-state index contributed by atoms with van der Waals surface area (Å²) in [6.07, 6.45) is 1.62. The number of carbonyl (C=O) groups excluding carboxylic acids is 1. The highest BCUT2D eigenvalue weighted by atomic mass is 32.1. The third-order valence-electron chi connectivity index (χ3n) is 2.14. The highest BCUT2D eigenvalue weighted by Gasteiger charge is 2.27. The van der Waals surface area contributed by atoms with Gasteiger partial charge < -0.3 is 10.4 Å². The Bertz CT molecular complexity index is 235. The van der Waals surface area contributed by atoms with Gasteiger partial charge in [0.25, 0.3) is 0 Å². The fraction of sp³-hybridized carbons (Fsp3) is 0.750. The summed E-state index contributed by atoms with van der Waals surface area (Å²) in [5, 5.41) is 11.3. The zero-order valence-corrected chi connectivity index (χ0v) is 8.67. The molecule has 0 radical (unpaired) electrons. The Hall–Kier alpha value is -0.750. The first-order valence-corrected chi connectivity index (χ1v) is 4.96. The molecule has 0 bridgehead atoms. The molecule has 14 heavy (non-hydrogen) atoms. The van der Waals surface area contributed by atoms with Crippen LogP contribution in [-0.4, -0.2) is 40.4 Å². The molecule has 0 aromatic heterocycles. The molecule has 0 saturated carbocycles. The van der Waals surface area contributed by atoms with Gasteiger partial charge in [0.1, 0.15) is 6.04 Å². The fourth-order valence-electron chi connectivity index (χ4n) is 1.38. The van der Waals surface area contributed by atoms with Crippen LogP contribution in [0.3, 0.4) is 0 Å². The van der Waals surface area contributed by atoms with E-state index >= 15 is 0 Å². The number of thiol groups is 1. The predicted octanol–water partition coefficient (Wildman–Crippen LogP) is -0.114. The van der Waals surface area contributed by atoms with Crippen molar-refractivity contribution in [1.29, 1.82) is 0 Å². The van der Waals surface area contributed by atoms with E-state index < -0.39 is 12.0 Å². The molecule has 0 aliphatic carbocycles. The van der Waals surface area contributed by atoms with Crippen molar-refractivity contribution in [1.82, 2.24) is 9.62 Å². The van der Waals surface area contributed by atoms with Crippen molar-refractivity contribution in [3.05, 3.63) is 0 Å². The molecule has 1 atom stereocenters. The van der Waals surface area contributed by atoms with E-state index in [2.05, 4.69) is 18.1 Å². The molecule has 1 saturated heterocycles. The second-order valence-corrected chi connectivity index (χ2v) is 3.79. The molecule has 1 rings (SSSR count). The van der Waals surface area contributed by atoms with E-state index in [1.165, 1.54) is 4.31 Å². The average Bonchev–Trinajstić information content (AvgIpc) is 2.11. The van der Waals surface area contributed by atoms with E-state index in [-0.39, 0.29) is 12.3 Å². The van der Waals surface area contributed by atoms with E-state index in [0.29, 0.717) is 13.1 Å². The van der Waals surface area contributed by atoms with Gasteiger partial charge in [-0.1, -0.05) is 12.8 Å². The number of carboxylic acid groups (broad SMARTS) is 1. The van der Waals surface area contributed by atoms with Crippen molar-refractivity contribution in [2.24, 2.45) is 0 Å². The lowest BCUT2D eigenvalue weighted by atomic mass is 10.1. The molecule has 5 nitrogen and oxygen atoms in total. The number of aliphatic carboxylic acids is 1. The first-order valence-electron chi connectivity index (χ1n) is 4.56. The third kappa shape index (κ3) is 3.19. The van der Waals surface area contributed by atoms with Crippen molar-refractivity contribution < 1.29 is 14.7 Å². The SMILES string of the molecule is O=C(O)C[C@@H]1C(=O)NCCCCN1S. The third-order valence-corrected chi connectivity index (χ3v) is 2.62. The van der Waals surface area contributed by atoms with E-state index in [4.69, 9.17) is 5.11 Å². The molecular formula is C8H14N2O3S. The molecule has 0 spiro atoms. The molecule has 0 aromatic rings. The Morgan fingerprint density at radius 3 is 3.00 bits per heavy atom. The Morgan fingerprint density at radius 1 is 1.64 bits per heavy atom. The highest BCUT2D eigenvalue weighted by molar-refractivity contribution is 7.77. The van der Waals surface area contributed by atoms with Crippen LogP contribution in [0.4, 0.5) is 0 Å². The number of amides is 1. The van der Waals surface area contributed by atoms with Gasteiger partial charge in [-0.25, -0.2) is 4.31 Å². The summed E-state index contributed by atoms with van der Waals surface area (Å²) in [7, 11) is 0. The van der Waals surface area contributed by atoms with Crippen LogP contribution >= 0.6 is 12.8 Å². The maximum absolute atomic E-state index is 11.4. The summed E-state index contributed by atoms with van der Waals surface area (Å²) in [6, 6.07) is -0.656. The Balaban J connectivity index is 2.62. The number of nitrogens with one attached hydrogen (secondary N) is 1. The molecule has 1 heterocycles. The first-order chi connectivity index (χ1) is 6.61. The van der Waals surface area contributed by atoms with Crippen LogP contribution in [0, 0.1) is 0 Å². The number of hydrogen-bond acceptors (Lipinski definition) is 4. The van der Waals surface area contributed by atoms with Gasteiger partial charge in [0.2, 0.25) is 5.91 Å². The summed E-state index contributed by atoms with van der Waals surface area (Å²) < 4.78 is 1.50. The van der Waals surface area contributed by atoms with Gasteiger partial charge in [0, 0.05) is 13.1 Å². The summed E-state index contributed by atoms with van der Waals surface area (Å²) in [4.78, 5) is 22.0. The number of carboxylic acids is 1. The molecule has 0 unspecified atom stereocenters. The highest BCUT2D eigenvalue weighted by Crippen LogP contribution is 2.11. The molecule has 80 valence electrons. The predicted molar refractivity (Wildman–Crippen MR) is 54.0 cm³/mol. The van der Waals surface area contributed by atoms with Crippen molar-refractivity contribution in [2.75, 3.05) is 13.1 Å². The number of hydrogen-bond donors (Lipinski definition) is 3. The Morgan fingerprint density at radius 2 is 2.36 bits per heavy atom. The quantitative estimate of drug-likeness (QED) is 0.565. The summed E-state index contributed by atoms with van der Waals surface area (Å²) in [5.41, 5.74) is 0. The average molecular weight is 218 g/mol. The van der Waals surface area contributed by atoms with Gasteiger partial charge in [-0.3, -0.25) is 9.59 Å². The lowest BCUT2D eigenvalue weighted by molar-refractivity contribution is -0.141. The van der Waals surface area contributed by atoms with Gasteiger partial charge in [-0.05, 0) is 12.8 Å². The zero-order chi connectivity index (χ0) is 10.6. The van der Waals surface area contributed by atoms with Crippen LogP contribution in [0.5, 0.6) is 0 Å². The number of carbonyl (C=O) groups is 2. The minimum atomic E-state index is -0.982. The van der Waals surface area contributed by atoms with Crippen LogP contribution in [0.25, 0.3) is 0 Å². The fourth-order valence-corrected chi connectivity index (χ4v) is 1.71. The molecule has 6 heteroatoms. The van der Waals surface area contributed by atoms with Crippen LogP contribution in [0.2, 0.25) is 0 Å². The van der Waals surface area contributed by atoms with E-state index in [1.54, 1.807) is 0 Å². The number of nitrogens with zero attached hydrogens (tertiary/aromatic N) is 1.